The molecule has 2 aliphatic heterocycles. The topological polar surface area (TPSA) is 186 Å². The maximum Gasteiger partial charge on any atom is 0.311 e. The normalized spacial score (nSPS) is 40.2. The van der Waals surface area contributed by atoms with Gasteiger partial charge in [0.2, 0.25) is 0 Å². The van der Waals surface area contributed by atoms with Gasteiger partial charge in [-0.05, 0) is 85.7 Å². The molecule has 1 aromatic rings. The Kier molecular flexibility index (Phi) is 17.0. The van der Waals surface area contributed by atoms with Gasteiger partial charge in [0, 0.05) is 49.7 Å². The van der Waals surface area contributed by atoms with Crippen LogP contribution < -0.4 is 10.6 Å². The van der Waals surface area contributed by atoms with Gasteiger partial charge in [-0.15, -0.1) is 11.3 Å². The molecule has 3 heterocycles. The summed E-state index contributed by atoms with van der Waals surface area (Å²) in [5, 5.41) is 67.6. The molecule has 0 amide bonds. The Morgan fingerprint density at radius 3 is 2.42 bits per heavy atom. The van der Waals surface area contributed by atoms with Crippen molar-refractivity contribution in [1.29, 1.82) is 0 Å². The fourth-order valence-corrected chi connectivity index (χ4v) is 8.13. The highest BCUT2D eigenvalue weighted by Crippen LogP contribution is 2.36. The first kappa shape index (κ1) is 43.1. The molecular formula is C36H66N4O9S. The van der Waals surface area contributed by atoms with Crippen LogP contribution in [0.2, 0.25) is 0 Å². The first-order valence-electron chi connectivity index (χ1n) is 18.5. The molecule has 0 bridgehead atoms. The summed E-state index contributed by atoms with van der Waals surface area (Å²) < 4.78 is 18.1. The number of cyclic esters (lactones) is 1. The second-order valence-electron chi connectivity index (χ2n) is 15.3. The zero-order valence-corrected chi connectivity index (χ0v) is 32.3. The minimum Gasteiger partial charge on any atom is -0.459 e. The third kappa shape index (κ3) is 11.9. The number of hydrogen-bond acceptors (Lipinski definition) is 14. The Labute approximate surface area is 303 Å². The van der Waals surface area contributed by atoms with E-state index in [9.17, 15) is 30.3 Å². The molecule has 3 rings (SSSR count). The van der Waals surface area contributed by atoms with Gasteiger partial charge in [0.25, 0.3) is 0 Å². The Hall–Kier alpha value is -1.30. The maximum absolute atomic E-state index is 13.5. The van der Waals surface area contributed by atoms with Crippen LogP contribution in [0.4, 0.5) is 0 Å². The lowest BCUT2D eigenvalue weighted by atomic mass is 9.78. The number of ether oxygens (including phenoxy) is 3. The van der Waals surface area contributed by atoms with E-state index in [0.29, 0.717) is 25.9 Å². The number of carbonyl (C=O) groups excluding carboxylic acids is 1. The Morgan fingerprint density at radius 2 is 1.76 bits per heavy atom. The first-order chi connectivity index (χ1) is 23.5. The summed E-state index contributed by atoms with van der Waals surface area (Å²) in [6.07, 6.45) is -2.49. The number of carbonyl (C=O) groups is 1. The average Bonchev–Trinajstić information content (AvgIpc) is 3.59. The number of thiazole rings is 1. The van der Waals surface area contributed by atoms with Gasteiger partial charge in [-0.25, -0.2) is 4.98 Å². The summed E-state index contributed by atoms with van der Waals surface area (Å²) in [5.41, 5.74) is -3.29. The van der Waals surface area contributed by atoms with E-state index in [1.54, 1.807) is 38.3 Å². The Bertz CT molecular complexity index is 1130. The number of aromatic nitrogens is 1. The molecule has 1 aromatic heterocycles. The van der Waals surface area contributed by atoms with Crippen LogP contribution in [0.1, 0.15) is 92.5 Å². The molecule has 7 N–H and O–H groups in total. The lowest BCUT2D eigenvalue weighted by Gasteiger charge is -2.44. The van der Waals surface area contributed by atoms with Crippen molar-refractivity contribution in [2.75, 3.05) is 32.7 Å². The van der Waals surface area contributed by atoms with Gasteiger partial charge >= 0.3 is 5.97 Å². The van der Waals surface area contributed by atoms with Crippen LogP contribution in [0.5, 0.6) is 0 Å². The monoisotopic (exact) mass is 730 g/mol. The summed E-state index contributed by atoms with van der Waals surface area (Å²) in [6, 6.07) is -0.531. The fourth-order valence-electron chi connectivity index (χ4n) is 7.54. The van der Waals surface area contributed by atoms with Crippen molar-refractivity contribution in [3.8, 4) is 0 Å². The predicted molar refractivity (Wildman–Crippen MR) is 192 cm³/mol. The van der Waals surface area contributed by atoms with Crippen molar-refractivity contribution < 1.29 is 44.5 Å². The number of nitrogens with zero attached hydrogens (tertiary/aromatic N) is 2. The predicted octanol–water partition coefficient (Wildman–Crippen LogP) is 2.03. The zero-order chi connectivity index (χ0) is 37.2. The van der Waals surface area contributed by atoms with E-state index < -0.39 is 71.9 Å². The third-order valence-corrected chi connectivity index (χ3v) is 11.4. The van der Waals surface area contributed by atoms with Crippen molar-refractivity contribution in [3.05, 3.63) is 16.6 Å². The van der Waals surface area contributed by atoms with E-state index in [-0.39, 0.29) is 24.9 Å². The van der Waals surface area contributed by atoms with E-state index in [1.807, 2.05) is 26.2 Å². The van der Waals surface area contributed by atoms with Crippen molar-refractivity contribution >= 4 is 17.3 Å². The van der Waals surface area contributed by atoms with Gasteiger partial charge in [0.05, 0.1) is 29.8 Å². The summed E-state index contributed by atoms with van der Waals surface area (Å²) in [4.78, 5) is 19.9. The lowest BCUT2D eigenvalue weighted by molar-refractivity contribution is -0.289. The maximum atomic E-state index is 13.5. The van der Waals surface area contributed by atoms with E-state index in [2.05, 4.69) is 20.5 Å². The second-order valence-corrected chi connectivity index (χ2v) is 16.2. The molecule has 1 unspecified atom stereocenters. The van der Waals surface area contributed by atoms with Crippen LogP contribution in [-0.4, -0.2) is 134 Å². The quantitative estimate of drug-likeness (QED) is 0.123. The van der Waals surface area contributed by atoms with Crippen LogP contribution >= 0.6 is 11.3 Å². The third-order valence-electron chi connectivity index (χ3n) is 10.6. The summed E-state index contributed by atoms with van der Waals surface area (Å²) in [6.45, 7) is 18.1. The van der Waals surface area contributed by atoms with Crippen molar-refractivity contribution in [3.63, 3.8) is 0 Å². The highest BCUT2D eigenvalue weighted by atomic mass is 32.1. The molecular weight excluding hydrogens is 664 g/mol. The molecule has 0 aromatic carbocycles. The number of aliphatic hydroxyl groups is 5. The number of rotatable bonds is 12. The van der Waals surface area contributed by atoms with Gasteiger partial charge in [-0.3, -0.25) is 9.69 Å². The molecule has 0 spiro atoms. The Balaban J connectivity index is 1.82. The molecule has 2 saturated heterocycles. The SMILES string of the molecule is CC[C@H]1OC(=O)[C@H](C)[C@@H](O)[C@H](C)[C@@H](O[C@@H]2O[C@H](C)CC[C@H]2O)C(C)(O)C[C@@H](C)CN(CCCNCCNCc2nccs2)[C@H](C)[C@@H](O)[C@]1(C)O. The molecule has 0 saturated carbocycles. The van der Waals surface area contributed by atoms with Crippen LogP contribution in [-0.2, 0) is 25.5 Å². The number of aliphatic hydroxyl groups excluding tert-OH is 3. The van der Waals surface area contributed by atoms with Crippen LogP contribution in [0.3, 0.4) is 0 Å². The summed E-state index contributed by atoms with van der Waals surface area (Å²) >= 11 is 1.62. The fraction of sp³-hybridized carbons (Fsp3) is 0.889. The van der Waals surface area contributed by atoms with E-state index >= 15 is 0 Å². The van der Waals surface area contributed by atoms with Crippen molar-refractivity contribution in [2.45, 2.75) is 154 Å². The molecule has 2 fully saturated rings. The molecule has 14 heteroatoms. The highest BCUT2D eigenvalue weighted by molar-refractivity contribution is 7.09. The molecule has 290 valence electrons. The largest absolute Gasteiger partial charge is 0.459 e. The standard InChI is InChI=1S/C36H66N4O9S/c1-9-28-36(8,46)31(43)26(6)40(17-10-13-37-14-15-38-20-29-39-16-18-50-29)21-22(2)19-35(7,45)32(24(4)30(42)25(5)33(44)48-28)49-34-27(41)12-11-23(3)47-34/h16,18,22-28,30-32,34,37-38,41-43,45-46H,9-15,17,19-21H2,1-8H3/t22-,23-,24+,25-,26-,27-,28-,30+,31-,32-,34+,35?,36-/m1/s1. The number of hydrogen-bond donors (Lipinski definition) is 7. The van der Waals surface area contributed by atoms with Crippen molar-refractivity contribution in [1.82, 2.24) is 20.5 Å². The smallest absolute Gasteiger partial charge is 0.311 e. The molecule has 13 atom stereocenters. The lowest BCUT2D eigenvalue weighted by Crippen LogP contribution is -2.59. The molecule has 13 nitrogen and oxygen atoms in total. The average molecular weight is 731 g/mol. The molecule has 50 heavy (non-hydrogen) atoms. The zero-order valence-electron chi connectivity index (χ0n) is 31.5. The van der Waals surface area contributed by atoms with E-state index in [1.165, 1.54) is 13.8 Å². The number of nitrogens with one attached hydrogen (secondary N) is 2. The van der Waals surface area contributed by atoms with E-state index in [4.69, 9.17) is 14.2 Å². The van der Waals surface area contributed by atoms with Gasteiger partial charge in [-0.1, -0.05) is 20.8 Å². The van der Waals surface area contributed by atoms with Crippen LogP contribution in [0.15, 0.2) is 11.6 Å². The van der Waals surface area contributed by atoms with Gasteiger partial charge in [0.1, 0.15) is 28.9 Å². The molecule has 0 aliphatic carbocycles. The minimum absolute atomic E-state index is 0.124. The summed E-state index contributed by atoms with van der Waals surface area (Å²) in [7, 11) is 0. The van der Waals surface area contributed by atoms with Crippen LogP contribution in [0.25, 0.3) is 0 Å². The van der Waals surface area contributed by atoms with E-state index in [0.717, 1.165) is 37.6 Å². The second kappa shape index (κ2) is 19.7. The highest BCUT2D eigenvalue weighted by Gasteiger charge is 2.49. The van der Waals surface area contributed by atoms with Crippen molar-refractivity contribution in [2.24, 2.45) is 17.8 Å². The molecule has 2 aliphatic rings. The first-order valence-corrected chi connectivity index (χ1v) is 19.4. The van der Waals surface area contributed by atoms with Gasteiger partial charge in [0.15, 0.2) is 6.29 Å². The van der Waals surface area contributed by atoms with Crippen LogP contribution in [0, 0.1) is 17.8 Å². The Morgan fingerprint density at radius 1 is 1.06 bits per heavy atom. The minimum atomic E-state index is -1.79. The van der Waals surface area contributed by atoms with Gasteiger partial charge < -0.3 is 50.4 Å². The number of esters is 1. The molecule has 0 radical (unpaired) electrons. The summed E-state index contributed by atoms with van der Waals surface area (Å²) in [5.74, 6) is -2.68. The van der Waals surface area contributed by atoms with Gasteiger partial charge in [-0.2, -0.15) is 0 Å².